The predicted molar refractivity (Wildman–Crippen MR) is 75.3 cm³/mol. The number of nitrogens with zero attached hydrogens (tertiary/aromatic N) is 2. The number of nitrogens with one attached hydrogen (secondary N) is 1. The Morgan fingerprint density at radius 1 is 1.45 bits per heavy atom. The zero-order valence-corrected chi connectivity index (χ0v) is 12.4. The van der Waals surface area contributed by atoms with Crippen LogP contribution in [0.1, 0.15) is 38.3 Å². The van der Waals surface area contributed by atoms with E-state index in [9.17, 15) is 8.42 Å². The average molecular weight is 293 g/mol. The minimum absolute atomic E-state index is 0.0361. The molecule has 0 radical (unpaired) electrons. The van der Waals surface area contributed by atoms with Gasteiger partial charge in [-0.25, -0.2) is 18.1 Å². The highest BCUT2D eigenvalue weighted by Crippen LogP contribution is 2.29. The monoisotopic (exact) mass is 293 g/mol. The molecule has 2 unspecified atom stereocenters. The molecule has 108 valence electrons. The Kier molecular flexibility index (Phi) is 4.73. The number of nitriles is 1. The number of rotatable bonds is 4. The van der Waals surface area contributed by atoms with Crippen LogP contribution in [0, 0.1) is 23.2 Å². The van der Waals surface area contributed by atoms with Crippen LogP contribution < -0.4 is 4.72 Å². The van der Waals surface area contributed by atoms with E-state index in [4.69, 9.17) is 5.26 Å². The van der Waals surface area contributed by atoms with Crippen molar-refractivity contribution in [1.29, 1.82) is 5.26 Å². The van der Waals surface area contributed by atoms with Crippen LogP contribution >= 0.6 is 0 Å². The maximum atomic E-state index is 12.3. The lowest BCUT2D eigenvalue weighted by molar-refractivity contribution is 0.257. The van der Waals surface area contributed by atoms with Gasteiger partial charge >= 0.3 is 0 Å². The second-order valence-electron chi connectivity index (χ2n) is 5.34. The van der Waals surface area contributed by atoms with Crippen molar-refractivity contribution in [2.75, 3.05) is 6.54 Å². The van der Waals surface area contributed by atoms with E-state index >= 15 is 0 Å². The topological polar surface area (TPSA) is 82.8 Å². The van der Waals surface area contributed by atoms with Gasteiger partial charge in [0.1, 0.15) is 11.0 Å². The summed E-state index contributed by atoms with van der Waals surface area (Å²) in [6, 6.07) is 4.76. The Morgan fingerprint density at radius 3 is 2.90 bits per heavy atom. The van der Waals surface area contributed by atoms with Gasteiger partial charge in [-0.1, -0.05) is 26.2 Å². The van der Waals surface area contributed by atoms with E-state index < -0.39 is 10.0 Å². The van der Waals surface area contributed by atoms with Gasteiger partial charge in [0.05, 0.1) is 0 Å². The SMILES string of the molecule is CC1CCCCC1CNS(=O)(=O)c1cccnc1C#N. The van der Waals surface area contributed by atoms with Crippen molar-refractivity contribution >= 4 is 10.0 Å². The molecule has 0 spiro atoms. The van der Waals surface area contributed by atoms with Crippen LogP contribution in [0.15, 0.2) is 23.2 Å². The summed E-state index contributed by atoms with van der Waals surface area (Å²) in [5, 5.41) is 8.94. The van der Waals surface area contributed by atoms with Crippen LogP contribution in [0.25, 0.3) is 0 Å². The molecule has 2 rings (SSSR count). The lowest BCUT2D eigenvalue weighted by Gasteiger charge is -2.28. The molecular weight excluding hydrogens is 274 g/mol. The standard InChI is InChI=1S/C14H19N3O2S/c1-11-5-2-3-6-12(11)10-17-20(18,19)14-7-4-8-16-13(14)9-15/h4,7-8,11-12,17H,2-3,5-6,10H2,1H3. The lowest BCUT2D eigenvalue weighted by Crippen LogP contribution is -2.33. The molecule has 1 N–H and O–H groups in total. The van der Waals surface area contributed by atoms with Crippen molar-refractivity contribution in [2.24, 2.45) is 11.8 Å². The molecule has 0 saturated heterocycles. The van der Waals surface area contributed by atoms with Crippen LogP contribution in [-0.4, -0.2) is 19.9 Å². The van der Waals surface area contributed by atoms with Gasteiger partial charge < -0.3 is 0 Å². The number of hydrogen-bond acceptors (Lipinski definition) is 4. The first kappa shape index (κ1) is 14.9. The molecule has 1 fully saturated rings. The van der Waals surface area contributed by atoms with Crippen molar-refractivity contribution in [3.63, 3.8) is 0 Å². The van der Waals surface area contributed by atoms with Gasteiger partial charge in [-0.15, -0.1) is 0 Å². The summed E-state index contributed by atoms with van der Waals surface area (Å²) in [6.45, 7) is 2.60. The molecule has 0 aromatic carbocycles. The van der Waals surface area contributed by atoms with Gasteiger partial charge in [0.15, 0.2) is 5.69 Å². The molecule has 0 aliphatic heterocycles. The first-order chi connectivity index (χ1) is 9.54. The third-order valence-electron chi connectivity index (χ3n) is 3.99. The van der Waals surface area contributed by atoms with E-state index in [-0.39, 0.29) is 10.6 Å². The van der Waals surface area contributed by atoms with E-state index in [2.05, 4.69) is 16.6 Å². The first-order valence-corrected chi connectivity index (χ1v) is 8.37. The van der Waals surface area contributed by atoms with Crippen molar-refractivity contribution in [3.05, 3.63) is 24.0 Å². The van der Waals surface area contributed by atoms with Crippen molar-refractivity contribution < 1.29 is 8.42 Å². The minimum Gasteiger partial charge on any atom is -0.244 e. The lowest BCUT2D eigenvalue weighted by atomic mass is 9.81. The number of hydrogen-bond donors (Lipinski definition) is 1. The summed E-state index contributed by atoms with van der Waals surface area (Å²) >= 11 is 0. The summed E-state index contributed by atoms with van der Waals surface area (Å²) in [5.74, 6) is 0.913. The van der Waals surface area contributed by atoms with Crippen molar-refractivity contribution in [1.82, 2.24) is 9.71 Å². The third-order valence-corrected chi connectivity index (χ3v) is 5.45. The second kappa shape index (κ2) is 6.33. The molecule has 0 bridgehead atoms. The summed E-state index contributed by atoms with van der Waals surface area (Å²) in [7, 11) is -3.66. The molecule has 1 heterocycles. The maximum absolute atomic E-state index is 12.3. The maximum Gasteiger partial charge on any atom is 0.243 e. The molecule has 20 heavy (non-hydrogen) atoms. The third kappa shape index (κ3) is 3.35. The fraction of sp³-hybridized carbons (Fsp3) is 0.571. The van der Waals surface area contributed by atoms with Gasteiger partial charge in [0, 0.05) is 12.7 Å². The van der Waals surface area contributed by atoms with Crippen LogP contribution in [-0.2, 0) is 10.0 Å². The average Bonchev–Trinajstić information content (AvgIpc) is 2.46. The van der Waals surface area contributed by atoms with E-state index in [1.807, 2.05) is 6.07 Å². The van der Waals surface area contributed by atoms with Crippen LogP contribution in [0.2, 0.25) is 0 Å². The molecular formula is C14H19N3O2S. The van der Waals surface area contributed by atoms with Crippen molar-refractivity contribution in [2.45, 2.75) is 37.5 Å². The summed E-state index contributed by atoms with van der Waals surface area (Å²) < 4.78 is 27.1. The molecule has 1 aliphatic rings. The van der Waals surface area contributed by atoms with Gasteiger partial charge in [0.2, 0.25) is 10.0 Å². The smallest absolute Gasteiger partial charge is 0.243 e. The van der Waals surface area contributed by atoms with Gasteiger partial charge in [-0.3, -0.25) is 0 Å². The fourth-order valence-electron chi connectivity index (χ4n) is 2.68. The van der Waals surface area contributed by atoms with E-state index in [1.54, 1.807) is 0 Å². The second-order valence-corrected chi connectivity index (χ2v) is 7.07. The largest absolute Gasteiger partial charge is 0.244 e. The predicted octanol–water partition coefficient (Wildman–Crippen LogP) is 2.06. The minimum atomic E-state index is -3.66. The van der Waals surface area contributed by atoms with Crippen LogP contribution in [0.5, 0.6) is 0 Å². The molecule has 0 amide bonds. The highest BCUT2D eigenvalue weighted by Gasteiger charge is 2.25. The van der Waals surface area contributed by atoms with Gasteiger partial charge in [0.25, 0.3) is 0 Å². The van der Waals surface area contributed by atoms with Crippen LogP contribution in [0.4, 0.5) is 0 Å². The molecule has 1 saturated carbocycles. The highest BCUT2D eigenvalue weighted by molar-refractivity contribution is 7.89. The molecule has 1 aromatic heterocycles. The molecule has 6 heteroatoms. The Labute approximate surface area is 120 Å². The molecule has 1 aromatic rings. The van der Waals surface area contributed by atoms with E-state index in [1.165, 1.54) is 24.8 Å². The molecule has 5 nitrogen and oxygen atoms in total. The van der Waals surface area contributed by atoms with E-state index in [0.717, 1.165) is 19.3 Å². The molecule has 1 aliphatic carbocycles. The summed E-state index contributed by atoms with van der Waals surface area (Å²) in [4.78, 5) is 3.76. The Bertz CT molecular complexity index is 607. The zero-order valence-electron chi connectivity index (χ0n) is 11.5. The Balaban J connectivity index is 2.10. The van der Waals surface area contributed by atoms with E-state index in [0.29, 0.717) is 18.4 Å². The number of sulfonamides is 1. The Hall–Kier alpha value is -1.45. The summed E-state index contributed by atoms with van der Waals surface area (Å²) in [5.41, 5.74) is -0.0586. The highest BCUT2D eigenvalue weighted by atomic mass is 32.2. The first-order valence-electron chi connectivity index (χ1n) is 6.89. The van der Waals surface area contributed by atoms with Gasteiger partial charge in [-0.2, -0.15) is 5.26 Å². The number of pyridine rings is 1. The fourth-order valence-corrected chi connectivity index (χ4v) is 3.88. The zero-order chi connectivity index (χ0) is 14.6. The summed E-state index contributed by atoms with van der Waals surface area (Å²) in [6.07, 6.45) is 6.02. The quantitative estimate of drug-likeness (QED) is 0.921. The number of aromatic nitrogens is 1. The van der Waals surface area contributed by atoms with Gasteiger partial charge in [-0.05, 0) is 30.4 Å². The molecule has 2 atom stereocenters. The van der Waals surface area contributed by atoms with Crippen LogP contribution in [0.3, 0.4) is 0 Å². The Morgan fingerprint density at radius 2 is 2.20 bits per heavy atom. The normalized spacial score (nSPS) is 23.2. The van der Waals surface area contributed by atoms with Crippen molar-refractivity contribution in [3.8, 4) is 6.07 Å².